The van der Waals surface area contributed by atoms with E-state index in [9.17, 15) is 4.79 Å². The Labute approximate surface area is 47.5 Å². The lowest BCUT2D eigenvalue weighted by molar-refractivity contribution is -0.113. The summed E-state index contributed by atoms with van der Waals surface area (Å²) in [5.74, 6) is 4.62. The summed E-state index contributed by atoms with van der Waals surface area (Å²) >= 11 is 0. The van der Waals surface area contributed by atoms with Crippen LogP contribution in [0.3, 0.4) is 0 Å². The van der Waals surface area contributed by atoms with Gasteiger partial charge in [-0.1, -0.05) is 0 Å². The zero-order valence-electron chi connectivity index (χ0n) is 4.64. The number of hydrogen-bond donors (Lipinski definition) is 3. The first kappa shape index (κ1) is 6.97. The number of carbonyl (C=O) groups is 1. The van der Waals surface area contributed by atoms with Crippen molar-refractivity contribution in [3.05, 3.63) is 11.9 Å². The van der Waals surface area contributed by atoms with E-state index >= 15 is 0 Å². The molecule has 5 N–H and O–H groups in total. The Balaban J connectivity index is 3.80. The molecule has 0 saturated carbocycles. The minimum absolute atomic E-state index is 0.132. The second-order valence-corrected chi connectivity index (χ2v) is 1.32. The van der Waals surface area contributed by atoms with E-state index in [2.05, 4.69) is 5.43 Å². The highest BCUT2D eigenvalue weighted by molar-refractivity contribution is 5.91. The average molecular weight is 115 g/mol. The van der Waals surface area contributed by atoms with Gasteiger partial charge < -0.3 is 11.2 Å². The van der Waals surface area contributed by atoms with E-state index in [1.54, 1.807) is 0 Å². The van der Waals surface area contributed by atoms with Gasteiger partial charge in [0, 0.05) is 13.1 Å². The molecule has 8 heavy (non-hydrogen) atoms. The van der Waals surface area contributed by atoms with Gasteiger partial charge in [0.25, 0.3) is 0 Å². The van der Waals surface area contributed by atoms with Crippen molar-refractivity contribution in [1.82, 2.24) is 5.43 Å². The lowest BCUT2D eigenvalue weighted by Crippen LogP contribution is -2.19. The van der Waals surface area contributed by atoms with Crippen molar-refractivity contribution in [3.8, 4) is 0 Å². The molecule has 4 heteroatoms. The molecule has 0 unspecified atom stereocenters. The maximum absolute atomic E-state index is 10.2. The highest BCUT2D eigenvalue weighted by atomic mass is 16.1. The van der Waals surface area contributed by atoms with Crippen LogP contribution in [-0.2, 0) is 4.79 Å². The molecule has 0 rings (SSSR count). The maximum Gasteiger partial charge on any atom is 0.176 e. The van der Waals surface area contributed by atoms with Crippen molar-refractivity contribution >= 4 is 5.78 Å². The zero-order valence-corrected chi connectivity index (χ0v) is 4.64. The molecule has 0 aromatic heterocycles. The standard InChI is InChI=1S/C4H9N3O/c1-3(8)4(5)2-7-6/h2,7H,5-6H2,1H3/b4-2-. The summed E-state index contributed by atoms with van der Waals surface area (Å²) in [5.41, 5.74) is 7.37. The van der Waals surface area contributed by atoms with E-state index in [4.69, 9.17) is 11.6 Å². The van der Waals surface area contributed by atoms with Crippen molar-refractivity contribution in [2.24, 2.45) is 11.6 Å². The lowest BCUT2D eigenvalue weighted by atomic mass is 10.3. The summed E-state index contributed by atoms with van der Waals surface area (Å²) < 4.78 is 0. The Morgan fingerprint density at radius 2 is 2.25 bits per heavy atom. The van der Waals surface area contributed by atoms with Crippen molar-refractivity contribution in [1.29, 1.82) is 0 Å². The van der Waals surface area contributed by atoms with Crippen LogP contribution in [0.5, 0.6) is 0 Å². The Hall–Kier alpha value is -1.03. The highest BCUT2D eigenvalue weighted by Gasteiger charge is 1.92. The van der Waals surface area contributed by atoms with E-state index in [0.29, 0.717) is 0 Å². The average Bonchev–Trinajstić information content (AvgIpc) is 1.67. The fourth-order valence-electron chi connectivity index (χ4n) is 0.191. The van der Waals surface area contributed by atoms with E-state index < -0.39 is 0 Å². The van der Waals surface area contributed by atoms with Gasteiger partial charge in [-0.25, -0.2) is 0 Å². The van der Waals surface area contributed by atoms with Gasteiger partial charge in [-0.2, -0.15) is 0 Å². The molecule has 0 heterocycles. The summed E-state index contributed by atoms with van der Waals surface area (Å²) in [7, 11) is 0. The molecule has 4 nitrogen and oxygen atoms in total. The molecule has 0 aromatic rings. The monoisotopic (exact) mass is 115 g/mol. The van der Waals surface area contributed by atoms with E-state index in [1.165, 1.54) is 13.1 Å². The summed E-state index contributed by atoms with van der Waals surface area (Å²) in [6, 6.07) is 0. The number of Topliss-reactive ketones (excluding diaryl/α,β-unsaturated/α-hetero) is 1. The van der Waals surface area contributed by atoms with Crippen molar-refractivity contribution in [2.75, 3.05) is 0 Å². The highest BCUT2D eigenvalue weighted by Crippen LogP contribution is 1.79. The number of hydrogen-bond acceptors (Lipinski definition) is 4. The van der Waals surface area contributed by atoms with Gasteiger partial charge in [0.2, 0.25) is 0 Å². The van der Waals surface area contributed by atoms with Gasteiger partial charge in [0.05, 0.1) is 5.70 Å². The molecule has 0 amide bonds. The molecule has 0 atom stereocenters. The molecule has 0 aliphatic heterocycles. The quantitative estimate of drug-likeness (QED) is 0.241. The van der Waals surface area contributed by atoms with Gasteiger partial charge in [0.15, 0.2) is 5.78 Å². The molecule has 0 bridgehead atoms. The van der Waals surface area contributed by atoms with Gasteiger partial charge in [-0.05, 0) is 0 Å². The molecule has 0 radical (unpaired) electrons. The van der Waals surface area contributed by atoms with Gasteiger partial charge in [-0.15, -0.1) is 0 Å². The van der Waals surface area contributed by atoms with Gasteiger partial charge in [-0.3, -0.25) is 10.6 Å². The zero-order chi connectivity index (χ0) is 6.57. The fourth-order valence-corrected chi connectivity index (χ4v) is 0.191. The molecule has 0 saturated heterocycles. The summed E-state index contributed by atoms with van der Waals surface area (Å²) in [6.07, 6.45) is 1.24. The number of nitrogens with two attached hydrogens (primary N) is 2. The minimum Gasteiger partial charge on any atom is -0.395 e. The second kappa shape index (κ2) is 3.04. The Kier molecular flexibility index (Phi) is 2.64. The summed E-state index contributed by atoms with van der Waals surface area (Å²) in [6.45, 7) is 1.36. The third-order valence-corrected chi connectivity index (χ3v) is 0.645. The van der Waals surface area contributed by atoms with Gasteiger partial charge >= 0.3 is 0 Å². The molecule has 0 aliphatic rings. The maximum atomic E-state index is 10.2. The first-order valence-electron chi connectivity index (χ1n) is 2.11. The third-order valence-electron chi connectivity index (χ3n) is 0.645. The van der Waals surface area contributed by atoms with Crippen molar-refractivity contribution < 1.29 is 4.79 Å². The largest absolute Gasteiger partial charge is 0.395 e. The number of hydrazine groups is 1. The molecule has 0 aliphatic carbocycles. The van der Waals surface area contributed by atoms with E-state index in [0.717, 1.165) is 0 Å². The predicted octanol–water partition coefficient (Wildman–Crippen LogP) is -1.16. The minimum atomic E-state index is -0.192. The first-order valence-corrected chi connectivity index (χ1v) is 2.11. The Morgan fingerprint density at radius 1 is 1.75 bits per heavy atom. The van der Waals surface area contributed by atoms with Crippen LogP contribution < -0.4 is 17.0 Å². The van der Waals surface area contributed by atoms with E-state index in [-0.39, 0.29) is 11.5 Å². The Bertz CT molecular complexity index is 118. The molecule has 46 valence electrons. The molecule has 0 spiro atoms. The Morgan fingerprint density at radius 3 is 2.38 bits per heavy atom. The number of carbonyl (C=O) groups excluding carboxylic acids is 1. The van der Waals surface area contributed by atoms with Crippen LogP contribution in [0.1, 0.15) is 6.92 Å². The molecule has 0 aromatic carbocycles. The summed E-state index contributed by atoms with van der Waals surface area (Å²) in [5, 5.41) is 0. The fraction of sp³-hybridized carbons (Fsp3) is 0.250. The normalized spacial score (nSPS) is 11.0. The van der Waals surface area contributed by atoms with Crippen LogP contribution in [0.4, 0.5) is 0 Å². The van der Waals surface area contributed by atoms with Crippen molar-refractivity contribution in [2.45, 2.75) is 6.92 Å². The molecular weight excluding hydrogens is 106 g/mol. The number of rotatable bonds is 2. The topological polar surface area (TPSA) is 81.1 Å². The number of ketones is 1. The van der Waals surface area contributed by atoms with Gasteiger partial charge in [0.1, 0.15) is 0 Å². The van der Waals surface area contributed by atoms with Crippen LogP contribution in [0.25, 0.3) is 0 Å². The van der Waals surface area contributed by atoms with Crippen LogP contribution in [0.15, 0.2) is 11.9 Å². The SMILES string of the molecule is CC(=O)/C(N)=C/NN. The van der Waals surface area contributed by atoms with E-state index in [1.807, 2.05) is 0 Å². The van der Waals surface area contributed by atoms with Crippen LogP contribution in [-0.4, -0.2) is 5.78 Å². The predicted molar refractivity (Wildman–Crippen MR) is 30.3 cm³/mol. The smallest absolute Gasteiger partial charge is 0.176 e. The molecule has 0 fully saturated rings. The third kappa shape index (κ3) is 2.20. The second-order valence-electron chi connectivity index (χ2n) is 1.32. The van der Waals surface area contributed by atoms with Crippen LogP contribution in [0.2, 0.25) is 0 Å². The lowest BCUT2D eigenvalue weighted by Gasteiger charge is -1.91. The van der Waals surface area contributed by atoms with Crippen LogP contribution >= 0.6 is 0 Å². The number of allylic oxidation sites excluding steroid dienone is 1. The summed E-state index contributed by atoms with van der Waals surface area (Å²) in [4.78, 5) is 10.2. The van der Waals surface area contributed by atoms with Crippen LogP contribution in [0, 0.1) is 0 Å². The first-order chi connectivity index (χ1) is 3.68. The van der Waals surface area contributed by atoms with Crippen molar-refractivity contribution in [3.63, 3.8) is 0 Å². The number of nitrogens with one attached hydrogen (secondary N) is 1. The molecular formula is C4H9N3O.